The second-order valence-corrected chi connectivity index (χ2v) is 5.89. The van der Waals surface area contributed by atoms with Crippen molar-refractivity contribution in [3.8, 4) is 0 Å². The number of benzene rings is 1. The number of hydrogen-bond donors (Lipinski definition) is 1. The van der Waals surface area contributed by atoms with Crippen molar-refractivity contribution in [2.45, 2.75) is 44.2 Å². The molecule has 1 atom stereocenters. The number of aryl methyl sites for hydroxylation is 1. The highest BCUT2D eigenvalue weighted by Crippen LogP contribution is 2.43. The third-order valence-electron chi connectivity index (χ3n) is 4.65. The van der Waals surface area contributed by atoms with Gasteiger partial charge in [0.1, 0.15) is 11.3 Å². The minimum atomic E-state index is -0.127. The van der Waals surface area contributed by atoms with Crippen LogP contribution in [0.5, 0.6) is 0 Å². The first kappa shape index (κ1) is 13.7. The third-order valence-corrected chi connectivity index (χ3v) is 4.65. The van der Waals surface area contributed by atoms with Gasteiger partial charge in [-0.15, -0.1) is 0 Å². The molecule has 3 nitrogen and oxygen atoms in total. The monoisotopic (exact) mass is 273 g/mol. The molecule has 1 unspecified atom stereocenters. The predicted octanol–water partition coefficient (Wildman–Crippen LogP) is 3.96. The Kier molecular flexibility index (Phi) is 3.57. The molecule has 2 aromatic rings. The van der Waals surface area contributed by atoms with Crippen molar-refractivity contribution in [1.82, 2.24) is 5.32 Å². The van der Waals surface area contributed by atoms with Gasteiger partial charge in [0.05, 0.1) is 11.6 Å². The molecule has 1 heterocycles. The number of ether oxygens (including phenoxy) is 1. The van der Waals surface area contributed by atoms with Gasteiger partial charge < -0.3 is 14.5 Å². The first-order chi connectivity index (χ1) is 9.68. The van der Waals surface area contributed by atoms with E-state index in [-0.39, 0.29) is 11.6 Å². The van der Waals surface area contributed by atoms with Crippen LogP contribution in [0.15, 0.2) is 28.7 Å². The molecular weight excluding hydrogens is 250 g/mol. The van der Waals surface area contributed by atoms with Crippen LogP contribution in [0.1, 0.15) is 43.0 Å². The molecule has 0 spiro atoms. The number of furan rings is 1. The normalized spacial score (nSPS) is 19.6. The summed E-state index contributed by atoms with van der Waals surface area (Å²) in [4.78, 5) is 0. The van der Waals surface area contributed by atoms with Gasteiger partial charge in [-0.25, -0.2) is 0 Å². The molecule has 0 amide bonds. The Bertz CT molecular complexity index is 596. The average Bonchev–Trinajstić information content (AvgIpc) is 3.06. The topological polar surface area (TPSA) is 34.4 Å². The standard InChI is InChI=1S/C17H23NO2/c1-12-6-7-14-13(10-12)11-15(20-14)16(18-2)17(19-3)8-4-5-9-17/h6-7,10-11,16,18H,4-5,8-9H2,1-3H3. The van der Waals surface area contributed by atoms with E-state index in [1.165, 1.54) is 23.8 Å². The highest BCUT2D eigenvalue weighted by molar-refractivity contribution is 5.78. The van der Waals surface area contributed by atoms with Crippen molar-refractivity contribution in [1.29, 1.82) is 0 Å². The highest BCUT2D eigenvalue weighted by atomic mass is 16.5. The summed E-state index contributed by atoms with van der Waals surface area (Å²) in [6.45, 7) is 2.11. The van der Waals surface area contributed by atoms with Crippen LogP contribution in [-0.4, -0.2) is 19.8 Å². The third kappa shape index (κ3) is 2.15. The van der Waals surface area contributed by atoms with Crippen molar-refractivity contribution in [3.05, 3.63) is 35.6 Å². The second-order valence-electron chi connectivity index (χ2n) is 5.89. The lowest BCUT2D eigenvalue weighted by molar-refractivity contribution is -0.0397. The average molecular weight is 273 g/mol. The predicted molar refractivity (Wildman–Crippen MR) is 81.0 cm³/mol. The molecule has 3 heteroatoms. The van der Waals surface area contributed by atoms with Crippen molar-refractivity contribution in [2.75, 3.05) is 14.2 Å². The van der Waals surface area contributed by atoms with Gasteiger partial charge in [0.25, 0.3) is 0 Å². The summed E-state index contributed by atoms with van der Waals surface area (Å²) >= 11 is 0. The lowest BCUT2D eigenvalue weighted by atomic mass is 9.90. The van der Waals surface area contributed by atoms with Gasteiger partial charge in [0.15, 0.2) is 0 Å². The Labute approximate surface area is 120 Å². The summed E-state index contributed by atoms with van der Waals surface area (Å²) in [5, 5.41) is 4.58. The number of nitrogens with one attached hydrogen (secondary N) is 1. The van der Waals surface area contributed by atoms with E-state index in [0.717, 1.165) is 24.2 Å². The highest BCUT2D eigenvalue weighted by Gasteiger charge is 2.43. The van der Waals surface area contributed by atoms with Gasteiger partial charge in [0, 0.05) is 12.5 Å². The van der Waals surface area contributed by atoms with E-state index in [1.807, 2.05) is 14.2 Å². The summed E-state index contributed by atoms with van der Waals surface area (Å²) < 4.78 is 12.0. The summed E-state index contributed by atoms with van der Waals surface area (Å²) in [5.74, 6) is 0.983. The SMILES string of the molecule is CNC(c1cc2cc(C)ccc2o1)C1(OC)CCCC1. The summed E-state index contributed by atoms with van der Waals surface area (Å²) in [6, 6.07) is 8.58. The fourth-order valence-corrected chi connectivity index (χ4v) is 3.57. The summed E-state index contributed by atoms with van der Waals surface area (Å²) in [7, 11) is 3.81. The molecular formula is C17H23NO2. The van der Waals surface area contributed by atoms with E-state index in [4.69, 9.17) is 9.15 Å². The van der Waals surface area contributed by atoms with Crippen LogP contribution >= 0.6 is 0 Å². The Morgan fingerprint density at radius 2 is 2.00 bits per heavy atom. The number of hydrogen-bond acceptors (Lipinski definition) is 3. The molecule has 0 bridgehead atoms. The Morgan fingerprint density at radius 1 is 1.25 bits per heavy atom. The smallest absolute Gasteiger partial charge is 0.134 e. The van der Waals surface area contributed by atoms with E-state index in [2.05, 4.69) is 36.5 Å². The largest absolute Gasteiger partial charge is 0.459 e. The maximum atomic E-state index is 6.07. The molecule has 1 aliphatic rings. The molecule has 1 aromatic carbocycles. The zero-order valence-electron chi connectivity index (χ0n) is 12.5. The Hall–Kier alpha value is -1.32. The lowest BCUT2D eigenvalue weighted by Gasteiger charge is -2.34. The molecule has 3 rings (SSSR count). The quantitative estimate of drug-likeness (QED) is 0.915. The van der Waals surface area contributed by atoms with Crippen LogP contribution in [0, 0.1) is 6.92 Å². The van der Waals surface area contributed by atoms with Crippen LogP contribution in [0.25, 0.3) is 11.0 Å². The van der Waals surface area contributed by atoms with Gasteiger partial charge in [-0.3, -0.25) is 0 Å². The first-order valence-corrected chi connectivity index (χ1v) is 7.41. The molecule has 1 aliphatic carbocycles. The van der Waals surface area contributed by atoms with Crippen molar-refractivity contribution in [3.63, 3.8) is 0 Å². The molecule has 1 fully saturated rings. The second kappa shape index (κ2) is 5.23. The molecule has 1 N–H and O–H groups in total. The van der Waals surface area contributed by atoms with Gasteiger partial charge in [0.2, 0.25) is 0 Å². The van der Waals surface area contributed by atoms with Gasteiger partial charge in [-0.2, -0.15) is 0 Å². The van der Waals surface area contributed by atoms with Gasteiger partial charge in [-0.05, 0) is 45.0 Å². The van der Waals surface area contributed by atoms with Crippen molar-refractivity contribution >= 4 is 11.0 Å². The molecule has 20 heavy (non-hydrogen) atoms. The molecule has 0 saturated heterocycles. The maximum absolute atomic E-state index is 6.07. The van der Waals surface area contributed by atoms with Crippen molar-refractivity contribution < 1.29 is 9.15 Å². The maximum Gasteiger partial charge on any atom is 0.134 e. The number of likely N-dealkylation sites (N-methyl/N-ethyl adjacent to an activating group) is 1. The zero-order chi connectivity index (χ0) is 14.2. The number of methoxy groups -OCH3 is 1. The lowest BCUT2D eigenvalue weighted by Crippen LogP contribution is -2.42. The summed E-state index contributed by atoms with van der Waals surface area (Å²) in [6.07, 6.45) is 4.63. The molecule has 1 aromatic heterocycles. The zero-order valence-corrected chi connectivity index (χ0v) is 12.5. The fraction of sp³-hybridized carbons (Fsp3) is 0.529. The van der Waals surface area contributed by atoms with E-state index in [0.29, 0.717) is 0 Å². The van der Waals surface area contributed by atoms with Gasteiger partial charge >= 0.3 is 0 Å². The fourth-order valence-electron chi connectivity index (χ4n) is 3.57. The minimum Gasteiger partial charge on any atom is -0.459 e. The van der Waals surface area contributed by atoms with Crippen molar-refractivity contribution in [2.24, 2.45) is 0 Å². The van der Waals surface area contributed by atoms with Crippen LogP contribution in [-0.2, 0) is 4.74 Å². The van der Waals surface area contributed by atoms with Gasteiger partial charge in [-0.1, -0.05) is 24.5 Å². The Balaban J connectivity index is 2.02. The minimum absolute atomic E-state index is 0.114. The molecule has 1 saturated carbocycles. The Morgan fingerprint density at radius 3 is 2.65 bits per heavy atom. The van der Waals surface area contributed by atoms with E-state index >= 15 is 0 Å². The molecule has 0 aliphatic heterocycles. The molecule has 108 valence electrons. The van der Waals surface area contributed by atoms with E-state index in [9.17, 15) is 0 Å². The van der Waals surface area contributed by atoms with Crippen LogP contribution in [0.4, 0.5) is 0 Å². The van der Waals surface area contributed by atoms with E-state index < -0.39 is 0 Å². The first-order valence-electron chi connectivity index (χ1n) is 7.41. The van der Waals surface area contributed by atoms with Crippen LogP contribution in [0.2, 0.25) is 0 Å². The van der Waals surface area contributed by atoms with E-state index in [1.54, 1.807) is 0 Å². The number of rotatable bonds is 4. The summed E-state index contributed by atoms with van der Waals surface area (Å²) in [5.41, 5.74) is 2.08. The van der Waals surface area contributed by atoms with Crippen LogP contribution in [0.3, 0.4) is 0 Å². The number of fused-ring (bicyclic) bond motifs is 1. The molecule has 0 radical (unpaired) electrons. The van der Waals surface area contributed by atoms with Crippen LogP contribution < -0.4 is 5.32 Å².